The fourth-order valence-electron chi connectivity index (χ4n) is 9.04. The third-order valence-electron chi connectivity index (χ3n) is 11.7. The second kappa shape index (κ2) is 13.7. The van der Waals surface area contributed by atoms with Gasteiger partial charge in [0.2, 0.25) is 0 Å². The molecule has 1 fully saturated rings. The van der Waals surface area contributed by atoms with Gasteiger partial charge >= 0.3 is 0 Å². The minimum atomic E-state index is -0.801. The number of ketones is 1. The molecule has 4 unspecified atom stereocenters. The summed E-state index contributed by atoms with van der Waals surface area (Å²) >= 11 is 0. The van der Waals surface area contributed by atoms with Gasteiger partial charge in [-0.05, 0) is 97.7 Å². The summed E-state index contributed by atoms with van der Waals surface area (Å²) in [6.07, 6.45) is 6.92. The van der Waals surface area contributed by atoms with Crippen molar-refractivity contribution < 1.29 is 24.1 Å². The molecule has 4 atom stereocenters. The van der Waals surface area contributed by atoms with Crippen LogP contribution in [0.5, 0.6) is 23.0 Å². The Labute approximate surface area is 295 Å². The van der Waals surface area contributed by atoms with Gasteiger partial charge in [0.1, 0.15) is 29.6 Å². The molecule has 3 aliphatic rings. The Morgan fingerprint density at radius 1 is 0.898 bits per heavy atom. The molecule has 3 aromatic rings. The van der Waals surface area contributed by atoms with E-state index >= 15 is 0 Å². The van der Waals surface area contributed by atoms with Crippen molar-refractivity contribution in [1.82, 2.24) is 0 Å². The lowest BCUT2D eigenvalue weighted by Gasteiger charge is -2.51. The van der Waals surface area contributed by atoms with Gasteiger partial charge in [-0.3, -0.25) is 4.79 Å². The number of carbonyl (C=O) groups excluding carboxylic acids is 1. The van der Waals surface area contributed by atoms with Crippen LogP contribution in [-0.2, 0) is 21.0 Å². The molecule has 3 aromatic carbocycles. The number of hydrogen-bond acceptors (Lipinski definition) is 5. The highest BCUT2D eigenvalue weighted by molar-refractivity contribution is 5.77. The van der Waals surface area contributed by atoms with Crippen LogP contribution in [0.2, 0.25) is 0 Å². The molecule has 1 N–H and O–H groups in total. The van der Waals surface area contributed by atoms with Crippen molar-refractivity contribution in [2.24, 2.45) is 17.8 Å². The van der Waals surface area contributed by atoms with E-state index in [9.17, 15) is 9.90 Å². The fraction of sp³-hybridized carbons (Fsp3) is 0.568. The van der Waals surface area contributed by atoms with E-state index in [1.165, 1.54) is 38.2 Å². The van der Waals surface area contributed by atoms with E-state index in [4.69, 9.17) is 14.2 Å². The Hall–Kier alpha value is -3.47. The summed E-state index contributed by atoms with van der Waals surface area (Å²) in [5, 5.41) is 10.2. The second-order valence-corrected chi connectivity index (χ2v) is 17.3. The standard InChI is InChI=1S/C26H32O5.C18H28/c1-15-8-22-18(10-20(15)28)24(4,5)13-26(30-22)14-25(6,7)19-11-21(29-12-17(3)27)16(2)9-23(19)31-26;1-5-15-13-14(2)11-12-17(15)18(3,4)16-9-7-6-8-10-16/h8-11,28H,12-14H2,1-7H3;6-10,14-15,17H,5,11-13H2,1-4H3. The monoisotopic (exact) mass is 668 g/mol. The van der Waals surface area contributed by atoms with Crippen molar-refractivity contribution in [3.8, 4) is 23.0 Å². The van der Waals surface area contributed by atoms with E-state index in [-0.39, 0.29) is 29.0 Å². The molecule has 1 saturated carbocycles. The highest BCUT2D eigenvalue weighted by Crippen LogP contribution is 2.55. The average Bonchev–Trinajstić information content (AvgIpc) is 3.01. The molecular formula is C44H60O5. The first kappa shape index (κ1) is 36.8. The molecule has 6 rings (SSSR count). The molecule has 0 aromatic heterocycles. The maximum atomic E-state index is 11.4. The number of benzene rings is 3. The molecule has 0 radical (unpaired) electrons. The molecule has 0 bridgehead atoms. The maximum absolute atomic E-state index is 11.4. The van der Waals surface area contributed by atoms with Crippen molar-refractivity contribution >= 4 is 5.78 Å². The van der Waals surface area contributed by atoms with Crippen molar-refractivity contribution in [2.45, 2.75) is 137 Å². The van der Waals surface area contributed by atoms with Gasteiger partial charge < -0.3 is 19.3 Å². The van der Waals surface area contributed by atoms with Crippen LogP contribution < -0.4 is 14.2 Å². The number of aryl methyl sites for hydroxylation is 2. The van der Waals surface area contributed by atoms with Crippen LogP contribution in [0, 0.1) is 31.6 Å². The number of Topliss-reactive ketones (excluding diaryl/α,β-unsaturated/α-hetero) is 1. The molecule has 2 aliphatic heterocycles. The third kappa shape index (κ3) is 7.66. The summed E-state index contributed by atoms with van der Waals surface area (Å²) < 4.78 is 18.9. The van der Waals surface area contributed by atoms with Crippen LogP contribution in [0.25, 0.3) is 0 Å². The molecule has 5 nitrogen and oxygen atoms in total. The number of phenolic OH excluding ortho intramolecular Hbond substituents is 1. The van der Waals surface area contributed by atoms with Gasteiger partial charge in [-0.2, -0.15) is 0 Å². The number of carbonyl (C=O) groups is 1. The average molecular weight is 669 g/mol. The Morgan fingerprint density at radius 3 is 2.04 bits per heavy atom. The molecule has 0 amide bonds. The Balaban J connectivity index is 0.000000221. The summed E-state index contributed by atoms with van der Waals surface area (Å²) in [4.78, 5) is 11.4. The second-order valence-electron chi connectivity index (χ2n) is 17.3. The quantitative estimate of drug-likeness (QED) is 0.283. The maximum Gasteiger partial charge on any atom is 0.252 e. The van der Waals surface area contributed by atoms with Gasteiger partial charge in [0, 0.05) is 34.8 Å². The lowest BCUT2D eigenvalue weighted by molar-refractivity contribution is -0.166. The van der Waals surface area contributed by atoms with Crippen LogP contribution in [0.3, 0.4) is 0 Å². The molecule has 1 spiro atoms. The molecule has 5 heteroatoms. The van der Waals surface area contributed by atoms with Crippen LogP contribution in [0.1, 0.15) is 129 Å². The topological polar surface area (TPSA) is 65.0 Å². The smallest absolute Gasteiger partial charge is 0.252 e. The Bertz CT molecular complexity index is 1650. The molecule has 1 aliphatic carbocycles. The minimum absolute atomic E-state index is 0.00980. The van der Waals surface area contributed by atoms with Gasteiger partial charge in [0.05, 0.1) is 0 Å². The summed E-state index contributed by atoms with van der Waals surface area (Å²) in [5.74, 6) is 4.43. The minimum Gasteiger partial charge on any atom is -0.508 e. The summed E-state index contributed by atoms with van der Waals surface area (Å²) in [5.41, 5.74) is 5.13. The van der Waals surface area contributed by atoms with Crippen molar-refractivity contribution in [1.29, 1.82) is 0 Å². The van der Waals surface area contributed by atoms with E-state index in [0.717, 1.165) is 51.5 Å². The number of rotatable bonds is 6. The lowest BCUT2D eigenvalue weighted by Crippen LogP contribution is -2.55. The van der Waals surface area contributed by atoms with Crippen molar-refractivity contribution in [3.63, 3.8) is 0 Å². The molecule has 0 saturated heterocycles. The fourth-order valence-corrected chi connectivity index (χ4v) is 9.04. The summed E-state index contributed by atoms with van der Waals surface area (Å²) in [6, 6.07) is 18.8. The lowest BCUT2D eigenvalue weighted by atomic mass is 9.60. The van der Waals surface area contributed by atoms with E-state index in [1.54, 1.807) is 0 Å². The zero-order valence-corrected chi connectivity index (χ0v) is 32.0. The van der Waals surface area contributed by atoms with Gasteiger partial charge in [-0.1, -0.05) is 98.6 Å². The number of phenols is 1. The van der Waals surface area contributed by atoms with Gasteiger partial charge in [0.25, 0.3) is 5.79 Å². The predicted molar refractivity (Wildman–Crippen MR) is 199 cm³/mol. The first-order valence-corrected chi connectivity index (χ1v) is 18.4. The normalized spacial score (nSPS) is 25.1. The zero-order valence-electron chi connectivity index (χ0n) is 32.0. The molecular weight excluding hydrogens is 608 g/mol. The Morgan fingerprint density at radius 2 is 1.47 bits per heavy atom. The van der Waals surface area contributed by atoms with Crippen LogP contribution in [-0.4, -0.2) is 23.3 Å². The van der Waals surface area contributed by atoms with Gasteiger partial charge in [0.15, 0.2) is 5.78 Å². The molecule has 49 heavy (non-hydrogen) atoms. The number of ether oxygens (including phenoxy) is 3. The van der Waals surface area contributed by atoms with Crippen LogP contribution in [0.4, 0.5) is 0 Å². The predicted octanol–water partition coefficient (Wildman–Crippen LogP) is 10.9. The third-order valence-corrected chi connectivity index (χ3v) is 11.7. The van der Waals surface area contributed by atoms with Crippen molar-refractivity contribution in [2.75, 3.05) is 6.61 Å². The first-order chi connectivity index (χ1) is 22.9. The van der Waals surface area contributed by atoms with Gasteiger partial charge in [-0.15, -0.1) is 0 Å². The van der Waals surface area contributed by atoms with Crippen LogP contribution in [0.15, 0.2) is 54.6 Å². The number of hydrogen-bond donors (Lipinski definition) is 1. The Kier molecular flexibility index (Phi) is 10.3. The van der Waals surface area contributed by atoms with E-state index < -0.39 is 5.79 Å². The largest absolute Gasteiger partial charge is 0.508 e. The van der Waals surface area contributed by atoms with Crippen molar-refractivity contribution in [3.05, 3.63) is 82.4 Å². The summed E-state index contributed by atoms with van der Waals surface area (Å²) in [7, 11) is 0. The first-order valence-electron chi connectivity index (χ1n) is 18.4. The molecule has 2 heterocycles. The van der Waals surface area contributed by atoms with E-state index in [1.807, 2.05) is 38.1 Å². The number of aromatic hydroxyl groups is 1. The van der Waals surface area contributed by atoms with E-state index in [0.29, 0.717) is 24.0 Å². The van der Waals surface area contributed by atoms with Gasteiger partial charge in [-0.25, -0.2) is 0 Å². The number of fused-ring (bicyclic) bond motifs is 2. The SMILES string of the molecule is CC(=O)COc1cc2c(cc1C)OC1(CC(C)(C)c3cc(O)c(C)cc3O1)CC2(C)C.CCC1CC(C)CCC1C(C)(C)c1ccccc1. The zero-order chi connectivity index (χ0) is 35.9. The highest BCUT2D eigenvalue weighted by Gasteiger charge is 2.53. The highest BCUT2D eigenvalue weighted by atomic mass is 16.7. The van der Waals surface area contributed by atoms with Crippen LogP contribution >= 0.6 is 0 Å². The summed E-state index contributed by atoms with van der Waals surface area (Å²) in [6.45, 7) is 23.8. The molecule has 266 valence electrons. The van der Waals surface area contributed by atoms with E-state index in [2.05, 4.69) is 85.7 Å².